The smallest absolute Gasteiger partial charge is 0.254 e. The Balaban J connectivity index is 2.15. The molecule has 0 aliphatic carbocycles. The Bertz CT molecular complexity index is 543. The largest absolute Gasteiger partial charge is 0.493 e. The second kappa shape index (κ2) is 7.68. The minimum Gasteiger partial charge on any atom is -0.493 e. The lowest BCUT2D eigenvalue weighted by atomic mass is 9.92. The number of hydrogen-bond acceptors (Lipinski definition) is 4. The van der Waals surface area contributed by atoms with Crippen LogP contribution in [-0.4, -0.2) is 43.2 Å². The quantitative estimate of drug-likeness (QED) is 0.906. The highest BCUT2D eigenvalue weighted by Gasteiger charge is 2.27. The van der Waals surface area contributed by atoms with E-state index in [1.807, 2.05) is 25.7 Å². The average Bonchev–Trinajstić information content (AvgIpc) is 2.54. The first kappa shape index (κ1) is 17.6. The maximum atomic E-state index is 12.8. The molecule has 1 aromatic carbocycles. The Morgan fingerprint density at radius 1 is 1.30 bits per heavy atom. The van der Waals surface area contributed by atoms with Crippen molar-refractivity contribution >= 4 is 5.91 Å². The van der Waals surface area contributed by atoms with Gasteiger partial charge in [-0.25, -0.2) is 0 Å². The minimum absolute atomic E-state index is 0.0322. The molecule has 1 aromatic rings. The molecule has 2 atom stereocenters. The number of ether oxygens (including phenoxy) is 2. The highest BCUT2D eigenvalue weighted by molar-refractivity contribution is 5.95. The fraction of sp³-hybridized carbons (Fsp3) is 0.611. The van der Waals surface area contributed by atoms with E-state index in [1.165, 1.54) is 0 Å². The summed E-state index contributed by atoms with van der Waals surface area (Å²) in [6.45, 7) is 7.44. The van der Waals surface area contributed by atoms with Crippen molar-refractivity contribution in [2.45, 2.75) is 45.8 Å². The van der Waals surface area contributed by atoms with E-state index in [9.17, 15) is 4.79 Å². The van der Waals surface area contributed by atoms with Crippen molar-refractivity contribution in [3.8, 4) is 11.5 Å². The SMILES string of the molecule is COc1cc(C(=O)N2CCC[C@@H]([C@H](C)N)C2)ccc1OC(C)C. The number of nitrogens with two attached hydrogens (primary N) is 1. The molecule has 0 saturated carbocycles. The molecule has 1 heterocycles. The molecule has 0 radical (unpaired) electrons. The fourth-order valence-corrected chi connectivity index (χ4v) is 2.96. The number of hydrogen-bond donors (Lipinski definition) is 1. The van der Waals surface area contributed by atoms with E-state index in [4.69, 9.17) is 15.2 Å². The molecule has 5 heteroatoms. The maximum Gasteiger partial charge on any atom is 0.254 e. The van der Waals surface area contributed by atoms with Gasteiger partial charge in [-0.3, -0.25) is 4.79 Å². The van der Waals surface area contributed by atoms with Crippen LogP contribution in [0.3, 0.4) is 0 Å². The van der Waals surface area contributed by atoms with Crippen LogP contribution in [0.2, 0.25) is 0 Å². The van der Waals surface area contributed by atoms with E-state index in [-0.39, 0.29) is 18.1 Å². The molecular weight excluding hydrogens is 292 g/mol. The summed E-state index contributed by atoms with van der Waals surface area (Å²) in [4.78, 5) is 14.7. The fourth-order valence-electron chi connectivity index (χ4n) is 2.96. The number of amides is 1. The van der Waals surface area contributed by atoms with Crippen LogP contribution in [0.1, 0.15) is 44.0 Å². The van der Waals surface area contributed by atoms with E-state index in [1.54, 1.807) is 25.3 Å². The lowest BCUT2D eigenvalue weighted by Gasteiger charge is -2.34. The van der Waals surface area contributed by atoms with Crippen LogP contribution in [0, 0.1) is 5.92 Å². The molecule has 0 unspecified atom stereocenters. The number of likely N-dealkylation sites (tertiary alicyclic amines) is 1. The third kappa shape index (κ3) is 4.38. The predicted octanol–water partition coefficient (Wildman–Crippen LogP) is 2.68. The number of carbonyl (C=O) groups excluding carboxylic acids is 1. The summed E-state index contributed by atoms with van der Waals surface area (Å²) in [6.07, 6.45) is 2.15. The Kier molecular flexibility index (Phi) is 5.88. The summed E-state index contributed by atoms with van der Waals surface area (Å²) in [6, 6.07) is 5.48. The number of carbonyl (C=O) groups is 1. The van der Waals surface area contributed by atoms with Gasteiger partial charge in [0.1, 0.15) is 0 Å². The molecule has 1 aliphatic rings. The normalized spacial score (nSPS) is 19.6. The van der Waals surface area contributed by atoms with Crippen molar-refractivity contribution in [3.05, 3.63) is 23.8 Å². The van der Waals surface area contributed by atoms with Crippen LogP contribution >= 0.6 is 0 Å². The Morgan fingerprint density at radius 2 is 2.04 bits per heavy atom. The van der Waals surface area contributed by atoms with Crippen molar-refractivity contribution in [1.29, 1.82) is 0 Å². The van der Waals surface area contributed by atoms with E-state index in [0.29, 0.717) is 23.0 Å². The number of nitrogens with zero attached hydrogens (tertiary/aromatic N) is 1. The minimum atomic E-state index is 0.0322. The van der Waals surface area contributed by atoms with Crippen LogP contribution in [0.4, 0.5) is 0 Å². The summed E-state index contributed by atoms with van der Waals surface area (Å²) in [5.41, 5.74) is 6.63. The monoisotopic (exact) mass is 320 g/mol. The average molecular weight is 320 g/mol. The third-order valence-corrected chi connectivity index (χ3v) is 4.26. The summed E-state index contributed by atoms with van der Waals surface area (Å²) >= 11 is 0. The second-order valence-electron chi connectivity index (χ2n) is 6.54. The lowest BCUT2D eigenvalue weighted by Crippen LogP contribution is -2.45. The number of rotatable bonds is 5. The molecule has 0 aromatic heterocycles. The number of benzene rings is 1. The molecule has 1 saturated heterocycles. The van der Waals surface area contributed by atoms with Gasteiger partial charge in [0.2, 0.25) is 0 Å². The Hall–Kier alpha value is -1.75. The molecule has 1 fully saturated rings. The van der Waals surface area contributed by atoms with Gasteiger partial charge in [0, 0.05) is 24.7 Å². The predicted molar refractivity (Wildman–Crippen MR) is 91.0 cm³/mol. The zero-order chi connectivity index (χ0) is 17.0. The van der Waals surface area contributed by atoms with Gasteiger partial charge < -0.3 is 20.1 Å². The third-order valence-electron chi connectivity index (χ3n) is 4.26. The summed E-state index contributed by atoms with van der Waals surface area (Å²) in [5, 5.41) is 0. The summed E-state index contributed by atoms with van der Waals surface area (Å²) in [7, 11) is 1.59. The first-order chi connectivity index (χ1) is 10.9. The van der Waals surface area contributed by atoms with Crippen LogP contribution in [-0.2, 0) is 0 Å². The van der Waals surface area contributed by atoms with Gasteiger partial charge in [-0.1, -0.05) is 0 Å². The zero-order valence-corrected chi connectivity index (χ0v) is 14.5. The van der Waals surface area contributed by atoms with Gasteiger partial charge in [0.05, 0.1) is 13.2 Å². The molecular formula is C18H28N2O3. The van der Waals surface area contributed by atoms with Gasteiger partial charge in [-0.2, -0.15) is 0 Å². The van der Waals surface area contributed by atoms with Crippen LogP contribution < -0.4 is 15.2 Å². The highest BCUT2D eigenvalue weighted by Crippen LogP contribution is 2.30. The van der Waals surface area contributed by atoms with E-state index >= 15 is 0 Å². The molecule has 23 heavy (non-hydrogen) atoms. The van der Waals surface area contributed by atoms with Gasteiger partial charge in [0.25, 0.3) is 5.91 Å². The van der Waals surface area contributed by atoms with Gasteiger partial charge in [-0.05, 0) is 57.7 Å². The van der Waals surface area contributed by atoms with Crippen molar-refractivity contribution in [3.63, 3.8) is 0 Å². The van der Waals surface area contributed by atoms with Gasteiger partial charge in [0.15, 0.2) is 11.5 Å². The molecule has 2 N–H and O–H groups in total. The lowest BCUT2D eigenvalue weighted by molar-refractivity contribution is 0.0660. The zero-order valence-electron chi connectivity index (χ0n) is 14.5. The molecule has 1 amide bonds. The molecule has 0 spiro atoms. The number of piperidine rings is 1. The first-order valence-corrected chi connectivity index (χ1v) is 8.32. The highest BCUT2D eigenvalue weighted by atomic mass is 16.5. The molecule has 2 rings (SSSR count). The van der Waals surface area contributed by atoms with E-state index < -0.39 is 0 Å². The maximum absolute atomic E-state index is 12.8. The van der Waals surface area contributed by atoms with Crippen LogP contribution in [0.15, 0.2) is 18.2 Å². The van der Waals surface area contributed by atoms with Crippen molar-refractivity contribution in [2.75, 3.05) is 20.2 Å². The molecule has 1 aliphatic heterocycles. The Morgan fingerprint density at radius 3 is 2.65 bits per heavy atom. The molecule has 5 nitrogen and oxygen atoms in total. The molecule has 0 bridgehead atoms. The second-order valence-corrected chi connectivity index (χ2v) is 6.54. The van der Waals surface area contributed by atoms with Crippen LogP contribution in [0.5, 0.6) is 11.5 Å². The van der Waals surface area contributed by atoms with Crippen molar-refractivity contribution < 1.29 is 14.3 Å². The van der Waals surface area contributed by atoms with E-state index in [0.717, 1.165) is 25.9 Å². The topological polar surface area (TPSA) is 64.8 Å². The van der Waals surface area contributed by atoms with Crippen molar-refractivity contribution in [1.82, 2.24) is 4.90 Å². The summed E-state index contributed by atoms with van der Waals surface area (Å²) in [5.74, 6) is 1.65. The van der Waals surface area contributed by atoms with Gasteiger partial charge >= 0.3 is 0 Å². The van der Waals surface area contributed by atoms with Crippen molar-refractivity contribution in [2.24, 2.45) is 11.7 Å². The first-order valence-electron chi connectivity index (χ1n) is 8.32. The Labute approximate surface area is 138 Å². The standard InChI is InChI=1S/C18H28N2O3/c1-12(2)23-16-8-7-14(10-17(16)22-4)18(21)20-9-5-6-15(11-20)13(3)19/h7-8,10,12-13,15H,5-6,9,11,19H2,1-4H3/t13-,15+/m0/s1. The summed E-state index contributed by atoms with van der Waals surface area (Å²) < 4.78 is 11.1. The van der Waals surface area contributed by atoms with Gasteiger partial charge in [-0.15, -0.1) is 0 Å². The molecule has 128 valence electrons. The number of methoxy groups -OCH3 is 1. The van der Waals surface area contributed by atoms with E-state index in [2.05, 4.69) is 0 Å². The van der Waals surface area contributed by atoms with Crippen LogP contribution in [0.25, 0.3) is 0 Å².